The molecule has 0 saturated heterocycles. The van der Waals surface area contributed by atoms with Crippen LogP contribution in [0.15, 0.2) is 30.3 Å². The molecule has 9 heteroatoms. The first kappa shape index (κ1) is 16.1. The van der Waals surface area contributed by atoms with Gasteiger partial charge in [0.05, 0.1) is 29.4 Å². The maximum atomic E-state index is 13.2. The van der Waals surface area contributed by atoms with Crippen LogP contribution in [-0.4, -0.2) is 23.0 Å². The van der Waals surface area contributed by atoms with Crippen LogP contribution >= 0.6 is 0 Å². The van der Waals surface area contributed by atoms with E-state index in [9.17, 15) is 28.8 Å². The molecule has 23 heavy (non-hydrogen) atoms. The fourth-order valence-electron chi connectivity index (χ4n) is 1.80. The van der Waals surface area contributed by atoms with E-state index in [0.29, 0.717) is 12.1 Å². The second-order valence-electron chi connectivity index (χ2n) is 4.38. The number of aromatic hydroxyl groups is 1. The van der Waals surface area contributed by atoms with Gasteiger partial charge in [-0.15, -0.1) is 0 Å². The number of benzene rings is 2. The Morgan fingerprint density at radius 2 is 1.91 bits per heavy atom. The summed E-state index contributed by atoms with van der Waals surface area (Å²) in [6, 6.07) is 4.44. The lowest BCUT2D eigenvalue weighted by atomic mass is 10.1. The highest BCUT2D eigenvalue weighted by atomic mass is 19.2. The second-order valence-corrected chi connectivity index (χ2v) is 4.38. The molecule has 0 bridgehead atoms. The molecule has 7 nitrogen and oxygen atoms in total. The Morgan fingerprint density at radius 1 is 1.26 bits per heavy atom. The molecule has 120 valence electrons. The number of nitrogens with one attached hydrogen (secondary N) is 1. The van der Waals surface area contributed by atoms with Gasteiger partial charge in [0.1, 0.15) is 11.5 Å². The summed E-state index contributed by atoms with van der Waals surface area (Å²) >= 11 is 0. The Morgan fingerprint density at radius 3 is 2.52 bits per heavy atom. The monoisotopic (exact) mass is 324 g/mol. The van der Waals surface area contributed by atoms with Gasteiger partial charge < -0.3 is 15.2 Å². The summed E-state index contributed by atoms with van der Waals surface area (Å²) < 4.78 is 31.0. The first-order valence-electron chi connectivity index (χ1n) is 6.15. The Balaban J connectivity index is 2.34. The van der Waals surface area contributed by atoms with E-state index >= 15 is 0 Å². The highest BCUT2D eigenvalue weighted by Gasteiger charge is 2.18. The van der Waals surface area contributed by atoms with Crippen molar-refractivity contribution in [3.05, 3.63) is 57.6 Å². The third kappa shape index (κ3) is 3.34. The summed E-state index contributed by atoms with van der Waals surface area (Å²) in [5.74, 6) is -4.29. The van der Waals surface area contributed by atoms with Gasteiger partial charge in [0.15, 0.2) is 11.6 Å². The molecule has 2 aromatic rings. The molecule has 0 aliphatic heterocycles. The average molecular weight is 324 g/mol. The number of amides is 1. The molecule has 2 aromatic carbocycles. The number of nitro benzene ring substituents is 1. The zero-order valence-corrected chi connectivity index (χ0v) is 11.7. The zero-order valence-electron chi connectivity index (χ0n) is 11.7. The Bertz CT molecular complexity index is 795. The van der Waals surface area contributed by atoms with Crippen molar-refractivity contribution in [3.63, 3.8) is 0 Å². The molecule has 0 spiro atoms. The molecule has 0 unspecified atom stereocenters. The Hall–Kier alpha value is -3.23. The Kier molecular flexibility index (Phi) is 4.39. The lowest BCUT2D eigenvalue weighted by Gasteiger charge is -2.11. The number of hydrogen-bond acceptors (Lipinski definition) is 5. The maximum Gasteiger partial charge on any atom is 0.273 e. The predicted octanol–water partition coefficient (Wildman–Crippen LogP) is 2.84. The minimum atomic E-state index is -1.30. The summed E-state index contributed by atoms with van der Waals surface area (Å²) in [6.45, 7) is 0. The lowest BCUT2D eigenvalue weighted by Crippen LogP contribution is -2.13. The van der Waals surface area contributed by atoms with Crippen LogP contribution in [0.3, 0.4) is 0 Å². The molecule has 0 heterocycles. The number of non-ortho nitro benzene ring substituents is 1. The van der Waals surface area contributed by atoms with Crippen LogP contribution in [0.1, 0.15) is 10.4 Å². The van der Waals surface area contributed by atoms with E-state index in [4.69, 9.17) is 4.74 Å². The van der Waals surface area contributed by atoms with Gasteiger partial charge in [-0.25, -0.2) is 8.78 Å². The number of nitro groups is 1. The first-order valence-corrected chi connectivity index (χ1v) is 6.15. The number of ether oxygens (including phenoxy) is 1. The van der Waals surface area contributed by atoms with E-state index in [1.54, 1.807) is 0 Å². The molecule has 2 N–H and O–H groups in total. The number of nitrogens with zero attached hydrogens (tertiary/aromatic N) is 1. The molecule has 0 saturated carbocycles. The van der Waals surface area contributed by atoms with Gasteiger partial charge in [-0.05, 0) is 12.1 Å². The van der Waals surface area contributed by atoms with Crippen LogP contribution in [-0.2, 0) is 0 Å². The standard InChI is InChI=1S/C14H10F2N2O5/c1-23-13-4-7(18(21)22)2-3-11(13)17-14(20)8-5-9(15)10(16)6-12(8)19/h2-6,19H,1H3,(H,17,20). The lowest BCUT2D eigenvalue weighted by molar-refractivity contribution is -0.384. The largest absolute Gasteiger partial charge is 0.507 e. The van der Waals surface area contributed by atoms with E-state index in [2.05, 4.69) is 5.32 Å². The normalized spacial score (nSPS) is 10.2. The highest BCUT2D eigenvalue weighted by Crippen LogP contribution is 2.30. The summed E-state index contributed by atoms with van der Waals surface area (Å²) in [7, 11) is 1.24. The topological polar surface area (TPSA) is 102 Å². The fourth-order valence-corrected chi connectivity index (χ4v) is 1.80. The van der Waals surface area contributed by atoms with Gasteiger partial charge in [0, 0.05) is 12.1 Å². The van der Waals surface area contributed by atoms with Crippen molar-refractivity contribution in [2.45, 2.75) is 0 Å². The van der Waals surface area contributed by atoms with Gasteiger partial charge >= 0.3 is 0 Å². The number of hydrogen-bond donors (Lipinski definition) is 2. The molecule has 0 aliphatic carbocycles. The van der Waals surface area contributed by atoms with E-state index in [-0.39, 0.29) is 17.1 Å². The number of carbonyl (C=O) groups excluding carboxylic acids is 1. The molecular formula is C14H10F2N2O5. The van der Waals surface area contributed by atoms with Crippen molar-refractivity contribution in [2.24, 2.45) is 0 Å². The van der Waals surface area contributed by atoms with Crippen LogP contribution in [0.25, 0.3) is 0 Å². The van der Waals surface area contributed by atoms with Gasteiger partial charge in [0.25, 0.3) is 11.6 Å². The van der Waals surface area contributed by atoms with Gasteiger partial charge in [-0.1, -0.05) is 0 Å². The number of phenolic OH excluding ortho intramolecular Hbond substituents is 1. The van der Waals surface area contributed by atoms with Gasteiger partial charge in [-0.3, -0.25) is 14.9 Å². The van der Waals surface area contributed by atoms with Crippen molar-refractivity contribution in [1.82, 2.24) is 0 Å². The molecule has 2 rings (SSSR count). The number of phenols is 1. The van der Waals surface area contributed by atoms with E-state index in [0.717, 1.165) is 12.1 Å². The molecular weight excluding hydrogens is 314 g/mol. The zero-order chi connectivity index (χ0) is 17.1. The van der Waals surface area contributed by atoms with E-state index in [1.165, 1.54) is 13.2 Å². The number of rotatable bonds is 4. The summed E-state index contributed by atoms with van der Waals surface area (Å²) in [6.07, 6.45) is 0. The average Bonchev–Trinajstić information content (AvgIpc) is 2.50. The third-order valence-electron chi connectivity index (χ3n) is 2.93. The molecule has 1 amide bonds. The number of methoxy groups -OCH3 is 1. The minimum Gasteiger partial charge on any atom is -0.507 e. The Labute approximate surface area is 128 Å². The quantitative estimate of drug-likeness (QED) is 0.665. The maximum absolute atomic E-state index is 13.2. The smallest absolute Gasteiger partial charge is 0.273 e. The van der Waals surface area contributed by atoms with Crippen LogP contribution in [0.5, 0.6) is 11.5 Å². The molecule has 0 atom stereocenters. The molecule has 0 aliphatic rings. The predicted molar refractivity (Wildman–Crippen MR) is 75.6 cm³/mol. The third-order valence-corrected chi connectivity index (χ3v) is 2.93. The summed E-state index contributed by atoms with van der Waals surface area (Å²) in [5.41, 5.74) is -0.688. The molecule has 0 fully saturated rings. The molecule has 0 aromatic heterocycles. The van der Waals surface area contributed by atoms with Crippen molar-refractivity contribution in [1.29, 1.82) is 0 Å². The fraction of sp³-hybridized carbons (Fsp3) is 0.0714. The van der Waals surface area contributed by atoms with Crippen molar-refractivity contribution in [2.75, 3.05) is 12.4 Å². The summed E-state index contributed by atoms with van der Waals surface area (Å²) in [5, 5.41) is 22.5. The molecule has 0 radical (unpaired) electrons. The van der Waals surface area contributed by atoms with E-state index < -0.39 is 33.8 Å². The summed E-state index contributed by atoms with van der Waals surface area (Å²) in [4.78, 5) is 22.1. The van der Waals surface area contributed by atoms with Gasteiger partial charge in [-0.2, -0.15) is 0 Å². The number of halogens is 2. The first-order chi connectivity index (χ1) is 10.8. The van der Waals surface area contributed by atoms with Crippen LogP contribution in [0, 0.1) is 21.7 Å². The number of carbonyl (C=O) groups is 1. The van der Waals surface area contributed by atoms with Crippen molar-refractivity contribution >= 4 is 17.3 Å². The number of anilines is 1. The minimum absolute atomic E-state index is 0.00498. The van der Waals surface area contributed by atoms with Crippen LogP contribution in [0.4, 0.5) is 20.2 Å². The van der Waals surface area contributed by atoms with Crippen molar-refractivity contribution in [3.8, 4) is 11.5 Å². The SMILES string of the molecule is COc1cc([N+](=O)[O-])ccc1NC(=O)c1cc(F)c(F)cc1O. The van der Waals surface area contributed by atoms with Crippen LogP contribution < -0.4 is 10.1 Å². The second kappa shape index (κ2) is 6.26. The van der Waals surface area contributed by atoms with Gasteiger partial charge in [0.2, 0.25) is 0 Å². The van der Waals surface area contributed by atoms with Crippen molar-refractivity contribution < 1.29 is 28.3 Å². The van der Waals surface area contributed by atoms with Crippen LogP contribution in [0.2, 0.25) is 0 Å². The van der Waals surface area contributed by atoms with E-state index in [1.807, 2.05) is 0 Å². The highest BCUT2D eigenvalue weighted by molar-refractivity contribution is 6.06.